The van der Waals surface area contributed by atoms with Crippen molar-refractivity contribution < 1.29 is 4.74 Å². The number of H-pyrrole nitrogens is 1. The second-order valence-corrected chi connectivity index (χ2v) is 7.59. The van der Waals surface area contributed by atoms with E-state index in [2.05, 4.69) is 51.8 Å². The molecular formula is C23H32N4O. The van der Waals surface area contributed by atoms with E-state index in [1.807, 2.05) is 24.3 Å². The summed E-state index contributed by atoms with van der Waals surface area (Å²) in [6.45, 7) is 9.18. The molecule has 1 aliphatic heterocycles. The van der Waals surface area contributed by atoms with Gasteiger partial charge in [0.1, 0.15) is 11.6 Å². The monoisotopic (exact) mass is 380 g/mol. The summed E-state index contributed by atoms with van der Waals surface area (Å²) in [5.41, 5.74) is 0.999. The predicted octanol–water partition coefficient (Wildman–Crippen LogP) is 4.85. The molecule has 0 saturated carbocycles. The maximum atomic E-state index is 5.21. The third-order valence-electron chi connectivity index (χ3n) is 5.60. The molecule has 1 aromatic heterocycles. The normalized spacial score (nSPS) is 17.1. The summed E-state index contributed by atoms with van der Waals surface area (Å²) >= 11 is 0. The quantitative estimate of drug-likeness (QED) is 0.632. The number of nitrogens with one attached hydrogen (secondary N) is 1. The van der Waals surface area contributed by atoms with Gasteiger partial charge in [0, 0.05) is 5.56 Å². The smallest absolute Gasteiger partial charge is 0.181 e. The highest BCUT2D eigenvalue weighted by Gasteiger charge is 2.22. The van der Waals surface area contributed by atoms with Crippen molar-refractivity contribution in [1.29, 1.82) is 0 Å². The van der Waals surface area contributed by atoms with Crippen LogP contribution in [0, 0.1) is 11.8 Å². The molecule has 0 amide bonds. The Morgan fingerprint density at radius 1 is 1.29 bits per heavy atom. The predicted molar refractivity (Wildman–Crippen MR) is 114 cm³/mol. The minimum atomic E-state index is 0.606. The zero-order valence-corrected chi connectivity index (χ0v) is 17.1. The van der Waals surface area contributed by atoms with E-state index >= 15 is 0 Å². The lowest BCUT2D eigenvalue weighted by atomic mass is 9.85. The number of hydrogen-bond donors (Lipinski definition) is 1. The molecule has 5 heteroatoms. The van der Waals surface area contributed by atoms with Crippen LogP contribution in [0.25, 0.3) is 11.4 Å². The van der Waals surface area contributed by atoms with Gasteiger partial charge in [-0.05, 0) is 81.8 Å². The number of piperidine rings is 1. The Kier molecular flexibility index (Phi) is 7.43. The Balaban J connectivity index is 1.48. The lowest BCUT2D eigenvalue weighted by Gasteiger charge is -2.32. The molecule has 1 saturated heterocycles. The Morgan fingerprint density at radius 2 is 2.04 bits per heavy atom. The molecule has 3 rings (SSSR count). The molecule has 1 N–H and O–H groups in total. The molecule has 2 heterocycles. The fourth-order valence-corrected chi connectivity index (χ4v) is 3.85. The molecule has 1 atom stereocenters. The number of rotatable bonds is 9. The van der Waals surface area contributed by atoms with Crippen molar-refractivity contribution in [2.24, 2.45) is 11.8 Å². The first kappa shape index (κ1) is 20.3. The van der Waals surface area contributed by atoms with Crippen LogP contribution in [0.3, 0.4) is 0 Å². The summed E-state index contributed by atoms with van der Waals surface area (Å²) in [7, 11) is 1.67. The van der Waals surface area contributed by atoms with Gasteiger partial charge in [0.05, 0.1) is 13.7 Å². The summed E-state index contributed by atoms with van der Waals surface area (Å²) in [6, 6.07) is 7.84. The first-order valence-corrected chi connectivity index (χ1v) is 10.2. The van der Waals surface area contributed by atoms with Gasteiger partial charge in [-0.1, -0.05) is 18.2 Å². The van der Waals surface area contributed by atoms with Gasteiger partial charge in [0.25, 0.3) is 0 Å². The lowest BCUT2D eigenvalue weighted by molar-refractivity contribution is 0.162. The van der Waals surface area contributed by atoms with Gasteiger partial charge in [-0.15, -0.1) is 6.58 Å². The molecule has 1 aromatic carbocycles. The van der Waals surface area contributed by atoms with Crippen molar-refractivity contribution in [3.8, 4) is 17.1 Å². The van der Waals surface area contributed by atoms with Gasteiger partial charge in [-0.3, -0.25) is 10.00 Å². The van der Waals surface area contributed by atoms with E-state index < -0.39 is 0 Å². The van der Waals surface area contributed by atoms with Crippen molar-refractivity contribution in [2.75, 3.05) is 20.2 Å². The molecule has 1 aliphatic rings. The van der Waals surface area contributed by atoms with E-state index in [9.17, 15) is 0 Å². The summed E-state index contributed by atoms with van der Waals surface area (Å²) in [6.07, 6.45) is 11.4. The average Bonchev–Trinajstić information content (AvgIpc) is 3.21. The molecular weight excluding hydrogens is 348 g/mol. The molecule has 0 spiro atoms. The van der Waals surface area contributed by atoms with Crippen LogP contribution in [-0.4, -0.2) is 40.3 Å². The van der Waals surface area contributed by atoms with Crippen LogP contribution in [0.5, 0.6) is 5.75 Å². The highest BCUT2D eigenvalue weighted by molar-refractivity contribution is 5.55. The zero-order valence-electron chi connectivity index (χ0n) is 17.1. The number of methoxy groups -OCH3 is 1. The van der Waals surface area contributed by atoms with Crippen LogP contribution < -0.4 is 4.74 Å². The fraction of sp³-hybridized carbons (Fsp3) is 0.478. The Labute approximate surface area is 168 Å². The minimum absolute atomic E-state index is 0.606. The van der Waals surface area contributed by atoms with Crippen molar-refractivity contribution >= 4 is 0 Å². The van der Waals surface area contributed by atoms with Gasteiger partial charge >= 0.3 is 0 Å². The van der Waals surface area contributed by atoms with Crippen molar-refractivity contribution in [3.05, 3.63) is 54.9 Å². The number of likely N-dealkylation sites (tertiary alicyclic amines) is 1. The molecule has 0 aliphatic carbocycles. The minimum Gasteiger partial charge on any atom is -0.497 e. The zero-order chi connectivity index (χ0) is 19.8. The molecule has 0 radical (unpaired) electrons. The Bertz CT molecular complexity index is 757. The molecule has 5 nitrogen and oxygen atoms in total. The van der Waals surface area contributed by atoms with Crippen LogP contribution in [0.4, 0.5) is 0 Å². The fourth-order valence-electron chi connectivity index (χ4n) is 3.85. The summed E-state index contributed by atoms with van der Waals surface area (Å²) in [5.74, 6) is 3.92. The van der Waals surface area contributed by atoms with E-state index in [0.29, 0.717) is 5.92 Å². The highest BCUT2D eigenvalue weighted by Crippen LogP contribution is 2.27. The first-order valence-electron chi connectivity index (χ1n) is 10.2. The Morgan fingerprint density at radius 3 is 2.68 bits per heavy atom. The number of aromatic nitrogens is 3. The number of hydrogen-bond acceptors (Lipinski definition) is 4. The van der Waals surface area contributed by atoms with E-state index in [1.165, 1.54) is 19.3 Å². The second kappa shape index (κ2) is 10.2. The van der Waals surface area contributed by atoms with Gasteiger partial charge in [0.2, 0.25) is 0 Å². The third-order valence-corrected chi connectivity index (χ3v) is 5.60. The van der Waals surface area contributed by atoms with E-state index in [-0.39, 0.29) is 0 Å². The standard InChI is InChI=1S/C23H32N4O/c1-4-6-7-18(5-2)16-19-12-14-27(15-13-19)17-22-24-23(26-25-22)20-8-10-21(28-3)11-9-20/h4-6,8-11,18-19H,2,7,12-17H2,1,3H3,(H,24,25,26)/b6-4-. The number of benzene rings is 1. The largest absolute Gasteiger partial charge is 0.497 e. The number of allylic oxidation sites excluding steroid dienone is 3. The van der Waals surface area contributed by atoms with Gasteiger partial charge in [-0.2, -0.15) is 5.10 Å². The third kappa shape index (κ3) is 5.55. The summed E-state index contributed by atoms with van der Waals surface area (Å²) < 4.78 is 5.21. The van der Waals surface area contributed by atoms with Crippen molar-refractivity contribution in [3.63, 3.8) is 0 Å². The second-order valence-electron chi connectivity index (χ2n) is 7.59. The van der Waals surface area contributed by atoms with Crippen molar-refractivity contribution in [2.45, 2.75) is 39.2 Å². The van der Waals surface area contributed by atoms with E-state index in [0.717, 1.165) is 54.9 Å². The van der Waals surface area contributed by atoms with Gasteiger partial charge < -0.3 is 4.74 Å². The molecule has 1 unspecified atom stereocenters. The molecule has 2 aromatic rings. The molecule has 150 valence electrons. The maximum absolute atomic E-state index is 5.21. The summed E-state index contributed by atoms with van der Waals surface area (Å²) in [5, 5.41) is 7.48. The number of ether oxygens (including phenoxy) is 1. The molecule has 1 fully saturated rings. The summed E-state index contributed by atoms with van der Waals surface area (Å²) in [4.78, 5) is 7.15. The van der Waals surface area contributed by atoms with Gasteiger partial charge in [0.15, 0.2) is 5.82 Å². The van der Waals surface area contributed by atoms with Crippen LogP contribution in [0.1, 0.15) is 38.4 Å². The van der Waals surface area contributed by atoms with Crippen LogP contribution >= 0.6 is 0 Å². The Hall–Kier alpha value is -2.40. The van der Waals surface area contributed by atoms with Crippen LogP contribution in [-0.2, 0) is 6.54 Å². The van der Waals surface area contributed by atoms with Crippen molar-refractivity contribution in [1.82, 2.24) is 20.1 Å². The van der Waals surface area contributed by atoms with Crippen LogP contribution in [0.2, 0.25) is 0 Å². The average molecular weight is 381 g/mol. The SMILES string of the molecule is C=CC(C/C=C\C)CC1CCN(Cc2nc(-c3ccc(OC)cc3)n[nH]2)CC1. The topological polar surface area (TPSA) is 54.0 Å². The highest BCUT2D eigenvalue weighted by atomic mass is 16.5. The molecule has 0 bridgehead atoms. The van der Waals surface area contributed by atoms with Crippen LogP contribution in [0.15, 0.2) is 49.1 Å². The molecule has 28 heavy (non-hydrogen) atoms. The van der Waals surface area contributed by atoms with E-state index in [4.69, 9.17) is 4.74 Å². The number of nitrogens with zero attached hydrogens (tertiary/aromatic N) is 3. The number of aromatic amines is 1. The lowest BCUT2D eigenvalue weighted by Crippen LogP contribution is -2.34. The first-order chi connectivity index (χ1) is 13.7. The van der Waals surface area contributed by atoms with Gasteiger partial charge in [-0.25, -0.2) is 4.98 Å². The maximum Gasteiger partial charge on any atom is 0.181 e. The van der Waals surface area contributed by atoms with E-state index in [1.54, 1.807) is 7.11 Å².